The van der Waals surface area contributed by atoms with Gasteiger partial charge in [0.2, 0.25) is 17.7 Å². The van der Waals surface area contributed by atoms with Crippen molar-refractivity contribution in [1.82, 2.24) is 34.6 Å². The Hall–Kier alpha value is -6.24. The molecule has 12 heteroatoms. The Morgan fingerprint density at radius 1 is 0.931 bits per heavy atom. The van der Waals surface area contributed by atoms with Crippen molar-refractivity contribution in [3.8, 4) is 16.9 Å². The maximum atomic E-state index is 14.7. The fourth-order valence-corrected chi connectivity index (χ4v) is 8.18. The molecule has 2 N–H and O–H groups in total. The molecule has 2 saturated heterocycles. The normalized spacial score (nSPS) is 17.2. The van der Waals surface area contributed by atoms with Crippen LogP contribution in [-0.4, -0.2) is 117 Å². The van der Waals surface area contributed by atoms with Crippen molar-refractivity contribution >= 4 is 34.5 Å². The summed E-state index contributed by atoms with van der Waals surface area (Å²) in [4.78, 5) is 61.3. The smallest absolute Gasteiger partial charge is 0.251 e. The molecule has 2 aliphatic heterocycles. The maximum Gasteiger partial charge on any atom is 0.251 e. The molecule has 4 amide bonds. The summed E-state index contributed by atoms with van der Waals surface area (Å²) in [5, 5.41) is 17.4. The number of rotatable bonds is 14. The number of amides is 4. The third-order valence-corrected chi connectivity index (χ3v) is 11.0. The molecular weight excluding hydrogens is 731 g/mol. The van der Waals surface area contributed by atoms with Crippen molar-refractivity contribution in [2.75, 3.05) is 46.8 Å². The molecule has 5 aromatic rings. The zero-order chi connectivity index (χ0) is 40.9. The van der Waals surface area contributed by atoms with Gasteiger partial charge in [0, 0.05) is 68.8 Å². The monoisotopic (exact) mass is 781 g/mol. The maximum absolute atomic E-state index is 14.7. The number of aromatic hydroxyl groups is 1. The van der Waals surface area contributed by atoms with Crippen molar-refractivity contribution in [3.05, 3.63) is 138 Å². The molecule has 0 aliphatic carbocycles. The van der Waals surface area contributed by atoms with E-state index in [0.717, 1.165) is 45.3 Å². The van der Waals surface area contributed by atoms with E-state index in [-0.39, 0.29) is 68.4 Å². The summed E-state index contributed by atoms with van der Waals surface area (Å²) >= 11 is 0. The Bertz CT molecular complexity index is 2290. The second kappa shape index (κ2) is 17.5. The van der Waals surface area contributed by atoms with Gasteiger partial charge in [-0.05, 0) is 67.0 Å². The minimum absolute atomic E-state index is 0.0630. The summed E-state index contributed by atoms with van der Waals surface area (Å²) < 4.78 is 2.06. The van der Waals surface area contributed by atoms with Gasteiger partial charge in [0.1, 0.15) is 18.0 Å². The first-order valence-corrected chi connectivity index (χ1v) is 19.7. The highest BCUT2D eigenvalue weighted by atomic mass is 16.3. The Morgan fingerprint density at radius 2 is 1.67 bits per heavy atom. The Kier molecular flexibility index (Phi) is 12.1. The molecule has 0 bridgehead atoms. The third kappa shape index (κ3) is 8.53. The fourth-order valence-electron chi connectivity index (χ4n) is 8.18. The standard InChI is InChI=1S/C46H51N7O5/c1-5-25-51-31-43(56)52-40(27-33-14-21-37(54)22-15-33)46(58)50(30-41(52)53(51)42(55)23-16-32-10-7-6-8-11-32)28-36-12-9-13-38-39(29-49(4)44(36)38)34-17-19-35(20-18-34)45(57)47-24-26-48(2)3/h5-15,17-22,29,40-41,54H,1,16,23-28,30-31H2,2-4H3,(H,47,57)/t40-,41-/m0/s1. The molecule has 0 radical (unpaired) electrons. The number of hydrazine groups is 1. The van der Waals surface area contributed by atoms with E-state index in [9.17, 15) is 24.3 Å². The highest BCUT2D eigenvalue weighted by Crippen LogP contribution is 2.35. The van der Waals surface area contributed by atoms with E-state index < -0.39 is 12.2 Å². The number of carbonyl (C=O) groups excluding carboxylic acids is 4. The second-order valence-electron chi connectivity index (χ2n) is 15.3. The van der Waals surface area contributed by atoms with Gasteiger partial charge >= 0.3 is 0 Å². The van der Waals surface area contributed by atoms with Crippen LogP contribution in [0.2, 0.25) is 0 Å². The number of benzene rings is 4. The lowest BCUT2D eigenvalue weighted by Crippen LogP contribution is -2.75. The zero-order valence-corrected chi connectivity index (χ0v) is 33.4. The van der Waals surface area contributed by atoms with E-state index in [1.807, 2.05) is 92.8 Å². The van der Waals surface area contributed by atoms with Crippen molar-refractivity contribution in [2.24, 2.45) is 7.05 Å². The van der Waals surface area contributed by atoms with Crippen LogP contribution in [0.15, 0.2) is 116 Å². The molecule has 0 unspecified atom stereocenters. The second-order valence-corrected chi connectivity index (χ2v) is 15.3. The van der Waals surface area contributed by atoms with Crippen LogP contribution in [0.25, 0.3) is 22.0 Å². The molecule has 3 heterocycles. The summed E-state index contributed by atoms with van der Waals surface area (Å²) in [7, 11) is 5.91. The Balaban J connectivity index is 1.21. The number of nitrogens with one attached hydrogen (secondary N) is 1. The number of nitrogens with zero attached hydrogens (tertiary/aromatic N) is 6. The lowest BCUT2D eigenvalue weighted by Gasteiger charge is -2.55. The van der Waals surface area contributed by atoms with E-state index in [4.69, 9.17) is 0 Å². The van der Waals surface area contributed by atoms with Gasteiger partial charge in [-0.15, -0.1) is 6.58 Å². The molecule has 300 valence electrons. The lowest BCUT2D eigenvalue weighted by atomic mass is 9.97. The van der Waals surface area contributed by atoms with Crippen LogP contribution in [0.5, 0.6) is 5.75 Å². The molecular formula is C46H51N7O5. The van der Waals surface area contributed by atoms with Gasteiger partial charge in [-0.3, -0.25) is 19.2 Å². The van der Waals surface area contributed by atoms with Crippen LogP contribution in [0, 0.1) is 0 Å². The van der Waals surface area contributed by atoms with E-state index in [0.29, 0.717) is 18.5 Å². The SMILES string of the molecule is C=CCN1CC(=O)N2[C@@H](Cc3ccc(O)cc3)C(=O)N(Cc3cccc4c(-c5ccc(C(=O)NCCN(C)C)cc5)cn(C)c34)C[C@@H]2N1C(=O)CCc1ccccc1. The number of fused-ring (bicyclic) bond motifs is 2. The first-order valence-electron chi connectivity index (χ1n) is 19.7. The van der Waals surface area contributed by atoms with Crippen LogP contribution in [0.4, 0.5) is 0 Å². The molecule has 7 rings (SSSR count). The Labute approximate surface area is 339 Å². The van der Waals surface area contributed by atoms with E-state index in [1.54, 1.807) is 50.2 Å². The zero-order valence-electron chi connectivity index (χ0n) is 33.4. The molecule has 58 heavy (non-hydrogen) atoms. The van der Waals surface area contributed by atoms with Gasteiger partial charge in [0.15, 0.2) is 0 Å². The average Bonchev–Trinajstić information content (AvgIpc) is 3.56. The third-order valence-electron chi connectivity index (χ3n) is 11.0. The summed E-state index contributed by atoms with van der Waals surface area (Å²) in [6, 6.07) is 29.3. The number of hydrogen-bond acceptors (Lipinski definition) is 7. The van der Waals surface area contributed by atoms with Gasteiger partial charge in [-0.25, -0.2) is 10.0 Å². The van der Waals surface area contributed by atoms with Crippen LogP contribution in [0.3, 0.4) is 0 Å². The molecule has 2 aliphatic rings. The molecule has 12 nitrogen and oxygen atoms in total. The number of likely N-dealkylation sites (N-methyl/N-ethyl adjacent to an activating group) is 1. The molecule has 2 atom stereocenters. The summed E-state index contributed by atoms with van der Waals surface area (Å²) in [5.74, 6) is -0.600. The number of para-hydroxylation sites is 1. The molecule has 1 aromatic heterocycles. The average molecular weight is 782 g/mol. The van der Waals surface area contributed by atoms with Crippen molar-refractivity contribution < 1.29 is 24.3 Å². The first-order chi connectivity index (χ1) is 28.0. The number of phenolic OH excluding ortho intramolecular Hbond substituents is 1. The van der Waals surface area contributed by atoms with Crippen molar-refractivity contribution in [2.45, 2.75) is 38.0 Å². The van der Waals surface area contributed by atoms with Crippen LogP contribution in [0.1, 0.15) is 33.5 Å². The largest absolute Gasteiger partial charge is 0.508 e. The predicted octanol–water partition coefficient (Wildman–Crippen LogP) is 4.83. The minimum Gasteiger partial charge on any atom is -0.508 e. The van der Waals surface area contributed by atoms with E-state index >= 15 is 0 Å². The number of aryl methyl sites for hydroxylation is 2. The lowest BCUT2D eigenvalue weighted by molar-refractivity contribution is -0.205. The summed E-state index contributed by atoms with van der Waals surface area (Å²) in [6.45, 7) is 5.81. The van der Waals surface area contributed by atoms with Gasteiger partial charge in [-0.2, -0.15) is 0 Å². The fraction of sp³-hybridized carbons (Fsp3) is 0.304. The van der Waals surface area contributed by atoms with E-state index in [2.05, 4.69) is 28.7 Å². The first kappa shape index (κ1) is 40.0. The number of carbonyl (C=O) groups is 4. The molecule has 0 saturated carbocycles. The van der Waals surface area contributed by atoms with Gasteiger partial charge in [0.25, 0.3) is 5.91 Å². The van der Waals surface area contributed by atoms with Gasteiger partial charge in [0.05, 0.1) is 18.6 Å². The predicted molar refractivity (Wildman–Crippen MR) is 224 cm³/mol. The van der Waals surface area contributed by atoms with E-state index in [1.165, 1.54) is 0 Å². The summed E-state index contributed by atoms with van der Waals surface area (Å²) in [6.07, 6.45) is 3.97. The number of aromatic nitrogens is 1. The van der Waals surface area contributed by atoms with Gasteiger partial charge in [-0.1, -0.05) is 78.9 Å². The van der Waals surface area contributed by atoms with Crippen molar-refractivity contribution in [1.29, 1.82) is 0 Å². The molecule has 4 aromatic carbocycles. The highest BCUT2D eigenvalue weighted by molar-refractivity contribution is 5.99. The number of phenols is 1. The topological polar surface area (TPSA) is 122 Å². The summed E-state index contributed by atoms with van der Waals surface area (Å²) in [5.41, 5.74) is 6.23. The van der Waals surface area contributed by atoms with Gasteiger partial charge < -0.3 is 29.7 Å². The number of hydrogen-bond donors (Lipinski definition) is 2. The van der Waals surface area contributed by atoms with Crippen molar-refractivity contribution in [3.63, 3.8) is 0 Å². The quantitative estimate of drug-likeness (QED) is 0.155. The molecule has 0 spiro atoms. The van der Waals surface area contributed by atoms with Crippen LogP contribution in [-0.2, 0) is 40.8 Å². The highest BCUT2D eigenvalue weighted by Gasteiger charge is 2.51. The number of piperazine rings is 1. The Morgan fingerprint density at radius 3 is 2.38 bits per heavy atom. The minimum atomic E-state index is -0.882. The van der Waals surface area contributed by atoms with Crippen LogP contribution < -0.4 is 5.32 Å². The molecule has 2 fully saturated rings. The van der Waals surface area contributed by atoms with Crippen LogP contribution >= 0.6 is 0 Å².